The molecule has 0 saturated carbocycles. The Labute approximate surface area is 316 Å². The number of anilines is 4. The lowest BCUT2D eigenvalue weighted by molar-refractivity contribution is 0.0513. The molecule has 6 nitrogen and oxygen atoms in total. The first-order valence-electron chi connectivity index (χ1n) is 18.1. The number of benzene rings is 7. The topological polar surface area (TPSA) is 76.7 Å². The number of hydrogen-bond donors (Lipinski definition) is 2. The molecule has 0 spiro atoms. The summed E-state index contributed by atoms with van der Waals surface area (Å²) in [4.78, 5) is 26.7. The molecule has 7 aromatic rings. The van der Waals surface area contributed by atoms with Crippen LogP contribution in [0.1, 0.15) is 34.6 Å². The van der Waals surface area contributed by atoms with Crippen LogP contribution in [0.25, 0.3) is 44.5 Å². The van der Waals surface area contributed by atoms with Gasteiger partial charge in [-0.3, -0.25) is 0 Å². The molecule has 0 unspecified atom stereocenters. The monoisotopic (exact) mass is 708 g/mol. The summed E-state index contributed by atoms with van der Waals surface area (Å²) in [6.45, 7) is 3.93. The maximum atomic E-state index is 13.3. The SMILES string of the molecule is CCOC(=O)c1cc(Nc2ccc(-c3ccc(-c4ccccc4)cc3)cc2)c(C(=O)OCC)cc1Nc1ccc(-c2ccc(-c3ccccc3)cc2)cc1. The van der Waals surface area contributed by atoms with E-state index in [1.54, 1.807) is 26.0 Å². The minimum Gasteiger partial charge on any atom is -0.462 e. The van der Waals surface area contributed by atoms with Gasteiger partial charge >= 0.3 is 11.9 Å². The minimum absolute atomic E-state index is 0.201. The molecule has 0 atom stereocenters. The lowest BCUT2D eigenvalue weighted by atomic mass is 10.00. The van der Waals surface area contributed by atoms with E-state index in [4.69, 9.17) is 9.47 Å². The fraction of sp³-hybridized carbons (Fsp3) is 0.0833. The third-order valence-electron chi connectivity index (χ3n) is 9.13. The van der Waals surface area contributed by atoms with Crippen molar-refractivity contribution < 1.29 is 19.1 Å². The number of nitrogens with one attached hydrogen (secondary N) is 2. The fourth-order valence-electron chi connectivity index (χ4n) is 6.34. The first kappa shape index (κ1) is 35.5. The highest BCUT2D eigenvalue weighted by molar-refractivity contribution is 6.04. The predicted octanol–water partition coefficient (Wildman–Crippen LogP) is 12.2. The molecule has 0 amide bonds. The third-order valence-corrected chi connectivity index (χ3v) is 9.13. The van der Waals surface area contributed by atoms with E-state index in [9.17, 15) is 9.59 Å². The highest BCUT2D eigenvalue weighted by Crippen LogP contribution is 2.34. The van der Waals surface area contributed by atoms with Crippen LogP contribution in [0.15, 0.2) is 170 Å². The van der Waals surface area contributed by atoms with E-state index in [0.29, 0.717) is 11.4 Å². The highest BCUT2D eigenvalue weighted by Gasteiger charge is 2.22. The van der Waals surface area contributed by atoms with Crippen molar-refractivity contribution in [3.8, 4) is 44.5 Å². The van der Waals surface area contributed by atoms with Crippen LogP contribution in [0.2, 0.25) is 0 Å². The summed E-state index contributed by atoms with van der Waals surface area (Å²) >= 11 is 0. The number of rotatable bonds is 12. The van der Waals surface area contributed by atoms with Crippen molar-refractivity contribution in [3.05, 3.63) is 181 Å². The largest absolute Gasteiger partial charge is 0.462 e. The maximum Gasteiger partial charge on any atom is 0.340 e. The van der Waals surface area contributed by atoms with E-state index >= 15 is 0 Å². The van der Waals surface area contributed by atoms with Gasteiger partial charge in [-0.1, -0.05) is 133 Å². The minimum atomic E-state index is -0.511. The van der Waals surface area contributed by atoms with E-state index in [1.807, 2.05) is 84.9 Å². The first-order valence-corrected chi connectivity index (χ1v) is 18.1. The number of ether oxygens (including phenoxy) is 2. The van der Waals surface area contributed by atoms with Gasteiger partial charge in [0.2, 0.25) is 0 Å². The van der Waals surface area contributed by atoms with E-state index in [2.05, 4.69) is 83.4 Å². The van der Waals surface area contributed by atoms with E-state index in [1.165, 1.54) is 11.1 Å². The summed E-state index contributed by atoms with van der Waals surface area (Å²) in [6, 6.07) is 56.6. The second-order valence-corrected chi connectivity index (χ2v) is 12.7. The Kier molecular flexibility index (Phi) is 10.9. The average molecular weight is 709 g/mol. The Bertz CT molecular complexity index is 2170. The van der Waals surface area contributed by atoms with Gasteiger partial charge in [0.25, 0.3) is 0 Å². The van der Waals surface area contributed by atoms with Gasteiger partial charge in [0.15, 0.2) is 0 Å². The van der Waals surface area contributed by atoms with Crippen molar-refractivity contribution in [2.45, 2.75) is 13.8 Å². The zero-order chi connectivity index (χ0) is 37.3. The van der Waals surface area contributed by atoms with Crippen LogP contribution in [0, 0.1) is 0 Å². The fourth-order valence-corrected chi connectivity index (χ4v) is 6.34. The van der Waals surface area contributed by atoms with Gasteiger partial charge in [-0.25, -0.2) is 9.59 Å². The van der Waals surface area contributed by atoms with Crippen LogP contribution in [-0.2, 0) is 9.47 Å². The van der Waals surface area contributed by atoms with Crippen LogP contribution in [0.3, 0.4) is 0 Å². The smallest absolute Gasteiger partial charge is 0.340 e. The standard InChI is InChI=1S/C48H40N2O4/c1-3-53-47(51)43-31-46(50-42-29-25-40(26-30-42)38-21-17-36(18-22-38)34-13-9-6-10-14-34)44(48(52)54-4-2)32-45(43)49-41-27-23-39(24-28-41)37-19-15-35(16-20-37)33-11-7-5-8-12-33/h5-32,49-50H,3-4H2,1-2H3. The summed E-state index contributed by atoms with van der Waals surface area (Å²) in [5.41, 5.74) is 11.8. The Morgan fingerprint density at radius 3 is 0.926 bits per heavy atom. The van der Waals surface area contributed by atoms with Gasteiger partial charge in [-0.05, 0) is 94.8 Å². The van der Waals surface area contributed by atoms with Gasteiger partial charge in [0, 0.05) is 11.4 Å². The van der Waals surface area contributed by atoms with Crippen LogP contribution in [0.5, 0.6) is 0 Å². The van der Waals surface area contributed by atoms with Crippen LogP contribution in [0.4, 0.5) is 22.7 Å². The van der Waals surface area contributed by atoms with E-state index in [-0.39, 0.29) is 24.3 Å². The summed E-state index contributed by atoms with van der Waals surface area (Å²) < 4.78 is 10.9. The maximum absolute atomic E-state index is 13.3. The van der Waals surface area contributed by atoms with Crippen LogP contribution >= 0.6 is 0 Å². The molecule has 0 aliphatic carbocycles. The summed E-state index contributed by atoms with van der Waals surface area (Å²) in [6.07, 6.45) is 0. The molecule has 0 aromatic heterocycles. The molecular formula is C48H40N2O4. The molecule has 54 heavy (non-hydrogen) atoms. The highest BCUT2D eigenvalue weighted by atomic mass is 16.5. The van der Waals surface area contributed by atoms with E-state index in [0.717, 1.165) is 44.8 Å². The number of hydrogen-bond acceptors (Lipinski definition) is 6. The molecule has 266 valence electrons. The van der Waals surface area contributed by atoms with Crippen molar-refractivity contribution in [1.29, 1.82) is 0 Å². The Morgan fingerprint density at radius 2 is 0.648 bits per heavy atom. The Hall–Kier alpha value is -6.92. The van der Waals surface area contributed by atoms with Crippen molar-refractivity contribution >= 4 is 34.7 Å². The second-order valence-electron chi connectivity index (χ2n) is 12.7. The van der Waals surface area contributed by atoms with Crippen molar-refractivity contribution in [1.82, 2.24) is 0 Å². The molecule has 6 heteroatoms. The zero-order valence-corrected chi connectivity index (χ0v) is 30.2. The van der Waals surface area contributed by atoms with Gasteiger partial charge in [-0.15, -0.1) is 0 Å². The second kappa shape index (κ2) is 16.6. The van der Waals surface area contributed by atoms with Gasteiger partial charge in [0.1, 0.15) is 0 Å². The van der Waals surface area contributed by atoms with Gasteiger partial charge < -0.3 is 20.1 Å². The molecular weight excluding hydrogens is 669 g/mol. The van der Waals surface area contributed by atoms with Crippen molar-refractivity contribution in [2.24, 2.45) is 0 Å². The third kappa shape index (κ3) is 8.24. The quantitative estimate of drug-likeness (QED) is 0.123. The number of esters is 2. The molecule has 0 fully saturated rings. The van der Waals surface area contributed by atoms with Gasteiger partial charge in [-0.2, -0.15) is 0 Å². The molecule has 0 radical (unpaired) electrons. The van der Waals surface area contributed by atoms with Gasteiger partial charge in [0.05, 0.1) is 35.7 Å². The van der Waals surface area contributed by atoms with E-state index < -0.39 is 11.9 Å². The lowest BCUT2D eigenvalue weighted by Crippen LogP contribution is -2.13. The molecule has 0 bridgehead atoms. The Morgan fingerprint density at radius 1 is 0.389 bits per heavy atom. The van der Waals surface area contributed by atoms with Crippen molar-refractivity contribution in [2.75, 3.05) is 23.8 Å². The zero-order valence-electron chi connectivity index (χ0n) is 30.2. The molecule has 7 rings (SSSR count). The van der Waals surface area contributed by atoms with Crippen LogP contribution < -0.4 is 10.6 Å². The predicted molar refractivity (Wildman–Crippen MR) is 220 cm³/mol. The normalized spacial score (nSPS) is 10.7. The molecule has 0 aliphatic rings. The molecule has 0 saturated heterocycles. The lowest BCUT2D eigenvalue weighted by Gasteiger charge is -2.18. The molecule has 0 heterocycles. The van der Waals surface area contributed by atoms with Crippen molar-refractivity contribution in [3.63, 3.8) is 0 Å². The number of carbonyl (C=O) groups excluding carboxylic acids is 2. The van der Waals surface area contributed by atoms with Crippen LogP contribution in [-0.4, -0.2) is 25.2 Å². The first-order chi connectivity index (χ1) is 26.5. The number of carbonyl (C=O) groups is 2. The molecule has 7 aromatic carbocycles. The summed E-state index contributed by atoms with van der Waals surface area (Å²) in [7, 11) is 0. The summed E-state index contributed by atoms with van der Waals surface area (Å²) in [5, 5.41) is 6.71. The average Bonchev–Trinajstić information content (AvgIpc) is 3.23. The molecule has 2 N–H and O–H groups in total. The molecule has 0 aliphatic heterocycles. The summed E-state index contributed by atoms with van der Waals surface area (Å²) in [5.74, 6) is -1.02. The Balaban J connectivity index is 1.14.